The van der Waals surface area contributed by atoms with Crippen LogP contribution >= 0.6 is 11.3 Å². The van der Waals surface area contributed by atoms with Crippen LogP contribution < -0.4 is 4.74 Å². The molecule has 0 unspecified atom stereocenters. The lowest BCUT2D eigenvalue weighted by Crippen LogP contribution is -2.06. The molecule has 2 aromatic rings. The fourth-order valence-electron chi connectivity index (χ4n) is 1.22. The van der Waals surface area contributed by atoms with E-state index in [2.05, 4.69) is 14.7 Å². The first-order valence-electron chi connectivity index (χ1n) is 4.67. The highest BCUT2D eigenvalue weighted by atomic mass is 32.1. The highest BCUT2D eigenvalue weighted by molar-refractivity contribution is 7.17. The van der Waals surface area contributed by atoms with E-state index >= 15 is 0 Å². The SMILES string of the molecule is O=C(O)c1sc(-c2ccncc2)nc1OC(F)F. The van der Waals surface area contributed by atoms with Crippen molar-refractivity contribution in [1.29, 1.82) is 0 Å². The van der Waals surface area contributed by atoms with E-state index in [9.17, 15) is 13.6 Å². The summed E-state index contributed by atoms with van der Waals surface area (Å²) in [5, 5.41) is 9.15. The third kappa shape index (κ3) is 2.59. The van der Waals surface area contributed by atoms with E-state index in [1.165, 1.54) is 12.4 Å². The van der Waals surface area contributed by atoms with E-state index in [0.29, 0.717) is 5.56 Å². The molecule has 0 fully saturated rings. The molecule has 2 heterocycles. The molecule has 1 N–H and O–H groups in total. The average molecular weight is 272 g/mol. The van der Waals surface area contributed by atoms with Crippen molar-refractivity contribution in [3.8, 4) is 16.5 Å². The number of aromatic nitrogens is 2. The second-order valence-corrected chi connectivity index (χ2v) is 4.07. The van der Waals surface area contributed by atoms with Gasteiger partial charge in [0.2, 0.25) is 5.88 Å². The molecule has 18 heavy (non-hydrogen) atoms. The quantitative estimate of drug-likeness (QED) is 0.925. The van der Waals surface area contributed by atoms with Crippen LogP contribution in [0.1, 0.15) is 9.67 Å². The number of ether oxygens (including phenoxy) is 1. The van der Waals surface area contributed by atoms with E-state index in [0.717, 1.165) is 11.3 Å². The first-order valence-corrected chi connectivity index (χ1v) is 5.49. The van der Waals surface area contributed by atoms with Crippen molar-refractivity contribution in [2.45, 2.75) is 6.61 Å². The average Bonchev–Trinajstić information content (AvgIpc) is 2.73. The van der Waals surface area contributed by atoms with Crippen molar-refractivity contribution in [1.82, 2.24) is 9.97 Å². The van der Waals surface area contributed by atoms with Crippen LogP contribution in [0.2, 0.25) is 0 Å². The van der Waals surface area contributed by atoms with E-state index < -0.39 is 18.5 Å². The molecule has 0 bridgehead atoms. The number of aromatic carboxylic acids is 1. The second kappa shape index (κ2) is 5.05. The fraction of sp³-hybridized carbons (Fsp3) is 0.100. The monoisotopic (exact) mass is 272 g/mol. The van der Waals surface area contributed by atoms with Gasteiger partial charge in [0.15, 0.2) is 4.88 Å². The molecule has 0 spiro atoms. The van der Waals surface area contributed by atoms with Crippen LogP contribution in [0.4, 0.5) is 8.78 Å². The molecule has 0 saturated carbocycles. The molecule has 8 heteroatoms. The predicted octanol–water partition coefficient (Wildman–Crippen LogP) is 2.50. The lowest BCUT2D eigenvalue weighted by Gasteiger charge is -2.00. The van der Waals surface area contributed by atoms with Crippen LogP contribution in [0.15, 0.2) is 24.5 Å². The van der Waals surface area contributed by atoms with Crippen LogP contribution in [0.25, 0.3) is 10.6 Å². The summed E-state index contributed by atoms with van der Waals surface area (Å²) in [6.07, 6.45) is 2.98. The minimum Gasteiger partial charge on any atom is -0.477 e. The third-order valence-electron chi connectivity index (χ3n) is 1.92. The van der Waals surface area contributed by atoms with Crippen molar-refractivity contribution in [2.75, 3.05) is 0 Å². The lowest BCUT2D eigenvalue weighted by atomic mass is 10.3. The number of thiazole rings is 1. The van der Waals surface area contributed by atoms with Gasteiger partial charge in [-0.05, 0) is 12.1 Å². The molecular formula is C10H6F2N2O3S. The number of carboxylic acids is 1. The number of hydrogen-bond donors (Lipinski definition) is 1. The molecule has 0 aliphatic carbocycles. The van der Waals surface area contributed by atoms with Gasteiger partial charge in [0, 0.05) is 18.0 Å². The Labute approximate surface area is 104 Å². The van der Waals surface area contributed by atoms with Gasteiger partial charge in [0.1, 0.15) is 5.01 Å². The van der Waals surface area contributed by atoms with Crippen molar-refractivity contribution in [3.05, 3.63) is 29.4 Å². The van der Waals surface area contributed by atoms with Crippen molar-refractivity contribution < 1.29 is 23.4 Å². The Balaban J connectivity index is 2.42. The molecular weight excluding hydrogens is 266 g/mol. The zero-order valence-corrected chi connectivity index (χ0v) is 9.53. The van der Waals surface area contributed by atoms with Gasteiger partial charge in [-0.2, -0.15) is 8.78 Å². The normalized spacial score (nSPS) is 10.6. The minimum absolute atomic E-state index is 0.283. The summed E-state index contributed by atoms with van der Waals surface area (Å²) < 4.78 is 28.3. The predicted molar refractivity (Wildman–Crippen MR) is 58.9 cm³/mol. The first-order chi connectivity index (χ1) is 8.58. The van der Waals surface area contributed by atoms with Crippen molar-refractivity contribution in [3.63, 3.8) is 0 Å². The molecule has 0 aromatic carbocycles. The molecule has 2 rings (SSSR count). The topological polar surface area (TPSA) is 72.3 Å². The smallest absolute Gasteiger partial charge is 0.388 e. The molecule has 94 valence electrons. The van der Waals surface area contributed by atoms with Gasteiger partial charge in [-0.15, -0.1) is 11.3 Å². The van der Waals surface area contributed by atoms with Gasteiger partial charge in [0.05, 0.1) is 0 Å². The summed E-state index contributed by atoms with van der Waals surface area (Å²) in [5.41, 5.74) is 0.585. The summed E-state index contributed by atoms with van der Waals surface area (Å²) in [6.45, 7) is -3.12. The highest BCUT2D eigenvalue weighted by Crippen LogP contribution is 2.32. The fourth-order valence-corrected chi connectivity index (χ4v) is 2.07. The van der Waals surface area contributed by atoms with Crippen LogP contribution in [-0.2, 0) is 0 Å². The summed E-state index contributed by atoms with van der Waals surface area (Å²) in [6, 6.07) is 3.19. The van der Waals surface area contributed by atoms with Gasteiger partial charge in [-0.1, -0.05) is 0 Å². The zero-order valence-electron chi connectivity index (χ0n) is 8.71. The van der Waals surface area contributed by atoms with Crippen LogP contribution in [0.3, 0.4) is 0 Å². The molecule has 0 atom stereocenters. The Morgan fingerprint density at radius 2 is 2.06 bits per heavy atom. The Kier molecular flexibility index (Phi) is 3.47. The van der Waals surface area contributed by atoms with Crippen LogP contribution in [0.5, 0.6) is 5.88 Å². The zero-order chi connectivity index (χ0) is 13.1. The van der Waals surface area contributed by atoms with Crippen LogP contribution in [0, 0.1) is 0 Å². The third-order valence-corrected chi connectivity index (χ3v) is 2.99. The first kappa shape index (κ1) is 12.4. The number of rotatable bonds is 4. The largest absolute Gasteiger partial charge is 0.477 e. The maximum absolute atomic E-state index is 12.1. The van der Waals surface area contributed by atoms with E-state index in [-0.39, 0.29) is 9.88 Å². The molecule has 0 aliphatic heterocycles. The van der Waals surface area contributed by atoms with Crippen molar-refractivity contribution in [2.24, 2.45) is 0 Å². The molecule has 0 radical (unpaired) electrons. The number of halogens is 2. The van der Waals surface area contributed by atoms with Gasteiger partial charge in [0.25, 0.3) is 0 Å². The Morgan fingerprint density at radius 1 is 1.39 bits per heavy atom. The Morgan fingerprint density at radius 3 is 2.61 bits per heavy atom. The van der Waals surface area contributed by atoms with Crippen LogP contribution in [-0.4, -0.2) is 27.7 Å². The number of carboxylic acid groups (broad SMARTS) is 1. The molecule has 0 aliphatic rings. The summed E-state index contributed by atoms with van der Waals surface area (Å²) in [4.78, 5) is 18.1. The van der Waals surface area contributed by atoms with Crippen molar-refractivity contribution >= 4 is 17.3 Å². The molecule has 0 saturated heterocycles. The Hall–Kier alpha value is -2.09. The van der Waals surface area contributed by atoms with Gasteiger partial charge < -0.3 is 9.84 Å². The maximum Gasteiger partial charge on any atom is 0.388 e. The van der Waals surface area contributed by atoms with Gasteiger partial charge >= 0.3 is 12.6 Å². The summed E-state index contributed by atoms with van der Waals surface area (Å²) in [5.74, 6) is -1.93. The molecule has 5 nitrogen and oxygen atoms in total. The standard InChI is InChI=1S/C10H6F2N2O3S/c11-10(12)17-7-6(9(15)16)18-8(14-7)5-1-3-13-4-2-5/h1-4,10H,(H,15,16). The van der Waals surface area contributed by atoms with Gasteiger partial charge in [-0.3, -0.25) is 4.98 Å². The second-order valence-electron chi connectivity index (χ2n) is 3.07. The molecule has 0 amide bonds. The number of nitrogens with zero attached hydrogens (tertiary/aromatic N) is 2. The highest BCUT2D eigenvalue weighted by Gasteiger charge is 2.22. The lowest BCUT2D eigenvalue weighted by molar-refractivity contribution is -0.0528. The maximum atomic E-state index is 12.1. The van der Waals surface area contributed by atoms with E-state index in [1.54, 1.807) is 12.1 Å². The molecule has 2 aromatic heterocycles. The minimum atomic E-state index is -3.12. The van der Waals surface area contributed by atoms with E-state index in [1.807, 2.05) is 0 Å². The van der Waals surface area contributed by atoms with E-state index in [4.69, 9.17) is 5.11 Å². The summed E-state index contributed by atoms with van der Waals surface area (Å²) in [7, 11) is 0. The summed E-state index contributed by atoms with van der Waals surface area (Å²) >= 11 is 0.766. The number of hydrogen-bond acceptors (Lipinski definition) is 5. The van der Waals surface area contributed by atoms with Gasteiger partial charge in [-0.25, -0.2) is 9.78 Å². The Bertz CT molecular complexity index is 560. The number of pyridine rings is 1. The number of carbonyl (C=O) groups is 1. The number of alkyl halides is 2.